The first-order valence-electron chi connectivity index (χ1n) is 11.5. The summed E-state index contributed by atoms with van der Waals surface area (Å²) in [5, 5.41) is 4.06. The highest BCUT2D eigenvalue weighted by molar-refractivity contribution is 6.06. The first kappa shape index (κ1) is 19.2. The van der Waals surface area contributed by atoms with Crippen molar-refractivity contribution in [2.45, 2.75) is 31.1 Å². The van der Waals surface area contributed by atoms with Crippen molar-refractivity contribution in [2.24, 2.45) is 0 Å². The fraction of sp³-hybridized carbons (Fsp3) is 0.185. The van der Waals surface area contributed by atoms with E-state index in [0.717, 1.165) is 51.6 Å². The summed E-state index contributed by atoms with van der Waals surface area (Å²) < 4.78 is 0. The molecular weight excluding hydrogens is 426 g/mol. The quantitative estimate of drug-likeness (QED) is 0.393. The molecule has 1 amide bonds. The second-order valence-corrected chi connectivity index (χ2v) is 9.32. The molecule has 5 aromatic rings. The Morgan fingerprint density at radius 3 is 2.71 bits per heavy atom. The smallest absolute Gasteiger partial charge is 0.310 e. The summed E-state index contributed by atoms with van der Waals surface area (Å²) in [6.07, 6.45) is 4.61. The monoisotopic (exact) mass is 447 g/mol. The molecule has 1 unspecified atom stereocenters. The van der Waals surface area contributed by atoms with E-state index < -0.39 is 5.41 Å². The maximum absolute atomic E-state index is 13.0. The summed E-state index contributed by atoms with van der Waals surface area (Å²) in [6, 6.07) is 18.3. The first-order valence-corrected chi connectivity index (χ1v) is 11.5. The molecule has 166 valence electrons. The van der Waals surface area contributed by atoms with Gasteiger partial charge in [-0.15, -0.1) is 0 Å². The van der Waals surface area contributed by atoms with Gasteiger partial charge in [-0.25, -0.2) is 9.78 Å². The van der Waals surface area contributed by atoms with Crippen LogP contribution in [0.3, 0.4) is 0 Å². The van der Waals surface area contributed by atoms with Gasteiger partial charge in [-0.3, -0.25) is 9.78 Å². The van der Waals surface area contributed by atoms with E-state index in [1.807, 2.05) is 30.3 Å². The third-order valence-corrected chi connectivity index (χ3v) is 7.33. The Labute approximate surface area is 194 Å². The van der Waals surface area contributed by atoms with Gasteiger partial charge >= 0.3 is 5.69 Å². The summed E-state index contributed by atoms with van der Waals surface area (Å²) in [7, 11) is 0. The van der Waals surface area contributed by atoms with Crippen molar-refractivity contribution >= 4 is 33.7 Å². The molecule has 2 aromatic carbocycles. The number of carbonyl (C=O) groups excluding carboxylic acids is 1. The van der Waals surface area contributed by atoms with Crippen LogP contribution in [0, 0.1) is 0 Å². The van der Waals surface area contributed by atoms with Crippen LogP contribution in [-0.2, 0) is 35.9 Å². The van der Waals surface area contributed by atoms with Crippen molar-refractivity contribution in [1.82, 2.24) is 19.9 Å². The number of hydrogen-bond donors (Lipinski definition) is 3. The van der Waals surface area contributed by atoms with E-state index in [2.05, 4.69) is 44.5 Å². The predicted molar refractivity (Wildman–Crippen MR) is 130 cm³/mol. The van der Waals surface area contributed by atoms with Crippen LogP contribution in [0.5, 0.6) is 0 Å². The maximum Gasteiger partial charge on any atom is 0.323 e. The Hall–Kier alpha value is -4.26. The average Bonchev–Trinajstić information content (AvgIpc) is 3.49. The molecule has 3 N–H and O–H groups in total. The Morgan fingerprint density at radius 2 is 1.79 bits per heavy atom. The molecule has 0 bridgehead atoms. The van der Waals surface area contributed by atoms with E-state index in [1.54, 1.807) is 6.20 Å². The lowest BCUT2D eigenvalue weighted by Crippen LogP contribution is -2.35. The van der Waals surface area contributed by atoms with Gasteiger partial charge in [0.1, 0.15) is 5.82 Å². The van der Waals surface area contributed by atoms with E-state index in [4.69, 9.17) is 4.98 Å². The number of carbonyl (C=O) groups is 1. The van der Waals surface area contributed by atoms with Gasteiger partial charge in [0.05, 0.1) is 22.0 Å². The van der Waals surface area contributed by atoms with Crippen LogP contribution in [-0.4, -0.2) is 25.8 Å². The number of nitrogens with one attached hydrogen (secondary N) is 3. The van der Waals surface area contributed by atoms with Crippen LogP contribution in [0.15, 0.2) is 65.6 Å². The van der Waals surface area contributed by atoms with E-state index in [-0.39, 0.29) is 11.6 Å². The van der Waals surface area contributed by atoms with Gasteiger partial charge in [0.15, 0.2) is 0 Å². The van der Waals surface area contributed by atoms with E-state index in [1.165, 1.54) is 11.1 Å². The number of aromatic amines is 2. The van der Waals surface area contributed by atoms with Gasteiger partial charge in [0, 0.05) is 22.8 Å². The van der Waals surface area contributed by atoms with Gasteiger partial charge in [-0.1, -0.05) is 24.3 Å². The molecule has 0 saturated heterocycles. The molecule has 1 spiro atoms. The van der Waals surface area contributed by atoms with E-state index in [0.29, 0.717) is 18.7 Å². The predicted octanol–water partition coefficient (Wildman–Crippen LogP) is 3.57. The van der Waals surface area contributed by atoms with E-state index in [9.17, 15) is 9.59 Å². The Balaban J connectivity index is 1.20. The number of fused-ring (bicyclic) bond motifs is 5. The molecule has 1 atom stereocenters. The molecule has 0 saturated carbocycles. The molecule has 7 rings (SSSR count). The zero-order chi connectivity index (χ0) is 22.9. The lowest BCUT2D eigenvalue weighted by molar-refractivity contribution is -0.120. The largest absolute Gasteiger partial charge is 0.323 e. The number of aromatic nitrogens is 4. The van der Waals surface area contributed by atoms with Gasteiger partial charge in [-0.2, -0.15) is 0 Å². The minimum atomic E-state index is -0.571. The summed E-state index contributed by atoms with van der Waals surface area (Å²) in [6.45, 7) is 0. The number of rotatable bonds is 3. The molecular formula is C27H21N5O2. The van der Waals surface area contributed by atoms with Crippen molar-refractivity contribution < 1.29 is 4.79 Å². The minimum Gasteiger partial charge on any atom is -0.310 e. The fourth-order valence-electron chi connectivity index (χ4n) is 5.67. The number of para-hydroxylation sites is 1. The van der Waals surface area contributed by atoms with Gasteiger partial charge in [0.25, 0.3) is 0 Å². The number of amides is 1. The number of imidazole rings is 1. The molecule has 1 aliphatic carbocycles. The van der Waals surface area contributed by atoms with Crippen molar-refractivity contribution in [3.63, 3.8) is 0 Å². The highest BCUT2D eigenvalue weighted by Crippen LogP contribution is 2.47. The Morgan fingerprint density at radius 1 is 0.912 bits per heavy atom. The molecule has 3 aromatic heterocycles. The number of benzene rings is 2. The molecule has 7 heteroatoms. The van der Waals surface area contributed by atoms with Crippen LogP contribution in [0.2, 0.25) is 0 Å². The SMILES string of the molecule is O=C1Nc2ncccc2C12Cc1cc3ccc(CCc4cccc5[nH]c(=O)[nH]c45)nc3cc1C2. The molecule has 7 nitrogen and oxygen atoms in total. The van der Waals surface area contributed by atoms with Crippen LogP contribution in [0.4, 0.5) is 5.82 Å². The molecule has 0 fully saturated rings. The molecule has 1 aliphatic heterocycles. The summed E-state index contributed by atoms with van der Waals surface area (Å²) in [5.74, 6) is 0.719. The summed E-state index contributed by atoms with van der Waals surface area (Å²) in [5.41, 5.74) is 7.35. The number of anilines is 1. The van der Waals surface area contributed by atoms with Gasteiger partial charge < -0.3 is 15.3 Å². The number of pyridine rings is 2. The minimum absolute atomic E-state index is 0.0343. The lowest BCUT2D eigenvalue weighted by Gasteiger charge is -2.20. The summed E-state index contributed by atoms with van der Waals surface area (Å²) >= 11 is 0. The summed E-state index contributed by atoms with van der Waals surface area (Å²) in [4.78, 5) is 39.7. The van der Waals surface area contributed by atoms with Gasteiger partial charge in [0.2, 0.25) is 5.91 Å². The van der Waals surface area contributed by atoms with Crippen LogP contribution >= 0.6 is 0 Å². The highest BCUT2D eigenvalue weighted by Gasteiger charge is 2.51. The van der Waals surface area contributed by atoms with Crippen molar-refractivity contribution in [2.75, 3.05) is 5.32 Å². The van der Waals surface area contributed by atoms with Crippen LogP contribution < -0.4 is 11.0 Å². The van der Waals surface area contributed by atoms with Crippen molar-refractivity contribution in [1.29, 1.82) is 0 Å². The zero-order valence-corrected chi connectivity index (χ0v) is 18.3. The van der Waals surface area contributed by atoms with Crippen LogP contribution in [0.1, 0.15) is 27.9 Å². The third-order valence-electron chi connectivity index (χ3n) is 7.33. The number of aryl methyl sites for hydroxylation is 2. The Kier molecular flexibility index (Phi) is 3.89. The number of H-pyrrole nitrogens is 2. The lowest BCUT2D eigenvalue weighted by atomic mass is 9.79. The zero-order valence-electron chi connectivity index (χ0n) is 18.3. The molecule has 4 heterocycles. The van der Waals surface area contributed by atoms with Crippen molar-refractivity contribution in [3.8, 4) is 0 Å². The van der Waals surface area contributed by atoms with E-state index >= 15 is 0 Å². The normalized spacial score (nSPS) is 18.5. The topological polar surface area (TPSA) is 104 Å². The molecule has 2 aliphatic rings. The fourth-order valence-corrected chi connectivity index (χ4v) is 5.67. The molecule has 0 radical (unpaired) electrons. The Bertz CT molecular complexity index is 1700. The van der Waals surface area contributed by atoms with Crippen LogP contribution in [0.25, 0.3) is 21.9 Å². The number of hydrogen-bond acceptors (Lipinski definition) is 4. The van der Waals surface area contributed by atoms with Gasteiger partial charge in [-0.05, 0) is 72.7 Å². The standard InChI is InChI=1S/C27H21N5O2/c33-25-27(20-4-2-10-28-24(20)32-25)13-17-11-16-7-9-19(29-22(16)12-18(17)14-27)8-6-15-3-1-5-21-23(15)31-26(34)30-21/h1-5,7,9-12H,6,8,13-14H2,(H,28,32,33)(H2,30,31,34). The second-order valence-electron chi connectivity index (χ2n) is 9.32. The number of nitrogens with zero attached hydrogens (tertiary/aromatic N) is 2. The first-order chi connectivity index (χ1) is 16.6. The highest BCUT2D eigenvalue weighted by atomic mass is 16.2. The second kappa shape index (κ2) is 6.87. The average molecular weight is 447 g/mol. The molecule has 34 heavy (non-hydrogen) atoms. The third kappa shape index (κ3) is 2.76. The van der Waals surface area contributed by atoms with Crippen molar-refractivity contribution in [3.05, 3.63) is 99.2 Å². The maximum atomic E-state index is 13.0.